The van der Waals surface area contributed by atoms with Crippen LogP contribution in [0.25, 0.3) is 11.0 Å². The zero-order chi connectivity index (χ0) is 18.3. The molecule has 1 fully saturated rings. The monoisotopic (exact) mass is 353 g/mol. The SMILES string of the molecule is Cc1oc2ccccc2c1C(=O)N1CCC(C(O)c2nccn2C)CC1. The Morgan fingerprint density at radius 2 is 2.04 bits per heavy atom. The number of aromatic nitrogens is 2. The summed E-state index contributed by atoms with van der Waals surface area (Å²) in [6.07, 6.45) is 4.46. The number of nitrogens with zero attached hydrogens (tertiary/aromatic N) is 3. The number of rotatable bonds is 3. The fourth-order valence-electron chi connectivity index (χ4n) is 3.88. The molecule has 0 radical (unpaired) electrons. The molecule has 0 aliphatic carbocycles. The summed E-state index contributed by atoms with van der Waals surface area (Å²) in [7, 11) is 1.89. The quantitative estimate of drug-likeness (QED) is 0.785. The van der Waals surface area contributed by atoms with E-state index in [0.29, 0.717) is 30.2 Å². The molecule has 1 aromatic carbocycles. The smallest absolute Gasteiger partial charge is 0.258 e. The van der Waals surface area contributed by atoms with Gasteiger partial charge in [-0.25, -0.2) is 4.98 Å². The fourth-order valence-corrected chi connectivity index (χ4v) is 3.88. The van der Waals surface area contributed by atoms with Crippen molar-refractivity contribution in [3.05, 3.63) is 53.8 Å². The zero-order valence-corrected chi connectivity index (χ0v) is 15.1. The number of carbonyl (C=O) groups excluding carboxylic acids is 1. The first-order valence-electron chi connectivity index (χ1n) is 8.99. The third-order valence-corrected chi connectivity index (χ3v) is 5.38. The van der Waals surface area contributed by atoms with Crippen molar-refractivity contribution < 1.29 is 14.3 Å². The second-order valence-corrected chi connectivity index (χ2v) is 7.00. The number of fused-ring (bicyclic) bond motifs is 1. The maximum Gasteiger partial charge on any atom is 0.258 e. The Labute approximate surface area is 152 Å². The molecule has 0 spiro atoms. The first-order valence-corrected chi connectivity index (χ1v) is 8.99. The van der Waals surface area contributed by atoms with E-state index in [4.69, 9.17) is 4.42 Å². The number of carbonyl (C=O) groups is 1. The summed E-state index contributed by atoms with van der Waals surface area (Å²) in [5.41, 5.74) is 1.40. The molecule has 2 aromatic heterocycles. The van der Waals surface area contributed by atoms with Crippen LogP contribution in [0.5, 0.6) is 0 Å². The second-order valence-electron chi connectivity index (χ2n) is 7.00. The summed E-state index contributed by atoms with van der Waals surface area (Å²) >= 11 is 0. The van der Waals surface area contributed by atoms with Gasteiger partial charge < -0.3 is 19.0 Å². The first-order chi connectivity index (χ1) is 12.6. The number of furan rings is 1. The largest absolute Gasteiger partial charge is 0.461 e. The summed E-state index contributed by atoms with van der Waals surface area (Å²) in [6, 6.07) is 7.64. The van der Waals surface area contributed by atoms with Crippen LogP contribution >= 0.6 is 0 Å². The predicted molar refractivity (Wildman–Crippen MR) is 97.7 cm³/mol. The van der Waals surface area contributed by atoms with Crippen molar-refractivity contribution in [1.82, 2.24) is 14.5 Å². The number of hydrogen-bond donors (Lipinski definition) is 1. The highest BCUT2D eigenvalue weighted by molar-refractivity contribution is 6.07. The predicted octanol–water partition coefficient (Wildman–Crippen LogP) is 3.06. The average molecular weight is 353 g/mol. The first kappa shape index (κ1) is 16.8. The Balaban J connectivity index is 1.48. The van der Waals surface area contributed by atoms with Crippen LogP contribution < -0.4 is 0 Å². The standard InChI is InChI=1S/C20H23N3O3/c1-13-17(15-5-3-4-6-16(15)26-13)20(25)23-10-7-14(8-11-23)18(24)19-21-9-12-22(19)2/h3-6,9,12,14,18,24H,7-8,10-11H2,1-2H3. The molecule has 6 heteroatoms. The number of imidazole rings is 1. The summed E-state index contributed by atoms with van der Waals surface area (Å²) in [4.78, 5) is 19.2. The summed E-state index contributed by atoms with van der Waals surface area (Å²) in [6.45, 7) is 3.10. The van der Waals surface area contributed by atoms with Gasteiger partial charge >= 0.3 is 0 Å². The highest BCUT2D eigenvalue weighted by atomic mass is 16.3. The van der Waals surface area contributed by atoms with Crippen molar-refractivity contribution in [2.75, 3.05) is 13.1 Å². The van der Waals surface area contributed by atoms with E-state index < -0.39 is 6.10 Å². The molecule has 0 bridgehead atoms. The lowest BCUT2D eigenvalue weighted by Crippen LogP contribution is -2.40. The van der Waals surface area contributed by atoms with Gasteiger partial charge in [-0.3, -0.25) is 4.79 Å². The highest BCUT2D eigenvalue weighted by Gasteiger charge is 2.32. The van der Waals surface area contributed by atoms with Gasteiger partial charge in [0.1, 0.15) is 23.3 Å². The summed E-state index contributed by atoms with van der Waals surface area (Å²) < 4.78 is 7.58. The number of aliphatic hydroxyl groups is 1. The maximum atomic E-state index is 13.0. The van der Waals surface area contributed by atoms with E-state index in [-0.39, 0.29) is 11.8 Å². The number of aryl methyl sites for hydroxylation is 2. The number of aliphatic hydroxyl groups excluding tert-OH is 1. The maximum absolute atomic E-state index is 13.0. The Morgan fingerprint density at radius 3 is 2.73 bits per heavy atom. The fraction of sp³-hybridized carbons (Fsp3) is 0.400. The Morgan fingerprint density at radius 1 is 1.31 bits per heavy atom. The summed E-state index contributed by atoms with van der Waals surface area (Å²) in [5, 5.41) is 11.5. The molecule has 1 aliphatic heterocycles. The van der Waals surface area contributed by atoms with Gasteiger partial charge in [-0.1, -0.05) is 18.2 Å². The van der Waals surface area contributed by atoms with Crippen molar-refractivity contribution in [2.45, 2.75) is 25.9 Å². The number of amides is 1. The van der Waals surface area contributed by atoms with Crippen LogP contribution in [-0.2, 0) is 7.05 Å². The van der Waals surface area contributed by atoms with E-state index in [1.165, 1.54) is 0 Å². The van der Waals surface area contributed by atoms with Crippen LogP contribution in [0.2, 0.25) is 0 Å². The molecule has 0 saturated carbocycles. The van der Waals surface area contributed by atoms with Crippen LogP contribution in [0.1, 0.15) is 40.9 Å². The van der Waals surface area contributed by atoms with Crippen molar-refractivity contribution in [3.8, 4) is 0 Å². The van der Waals surface area contributed by atoms with Crippen molar-refractivity contribution in [2.24, 2.45) is 13.0 Å². The van der Waals surface area contributed by atoms with Gasteiger partial charge in [0, 0.05) is 37.9 Å². The molecule has 3 heterocycles. The molecule has 26 heavy (non-hydrogen) atoms. The molecule has 1 amide bonds. The van der Waals surface area contributed by atoms with Gasteiger partial charge in [0.2, 0.25) is 0 Å². The average Bonchev–Trinajstić information content (AvgIpc) is 3.23. The van der Waals surface area contributed by atoms with Crippen molar-refractivity contribution >= 4 is 16.9 Å². The minimum atomic E-state index is -0.594. The number of para-hydroxylation sites is 1. The molecule has 1 atom stereocenters. The van der Waals surface area contributed by atoms with Crippen molar-refractivity contribution in [1.29, 1.82) is 0 Å². The lowest BCUT2D eigenvalue weighted by atomic mass is 9.90. The van der Waals surface area contributed by atoms with E-state index in [1.54, 1.807) is 6.20 Å². The minimum Gasteiger partial charge on any atom is -0.461 e. The van der Waals surface area contributed by atoms with Crippen LogP contribution in [0.15, 0.2) is 41.1 Å². The third kappa shape index (κ3) is 2.80. The van der Waals surface area contributed by atoms with Crippen LogP contribution in [-0.4, -0.2) is 38.6 Å². The molecular weight excluding hydrogens is 330 g/mol. The minimum absolute atomic E-state index is 0.0115. The van der Waals surface area contributed by atoms with Crippen LogP contribution in [0.3, 0.4) is 0 Å². The van der Waals surface area contributed by atoms with Gasteiger partial charge in [-0.15, -0.1) is 0 Å². The molecule has 136 valence electrons. The Bertz CT molecular complexity index is 935. The van der Waals surface area contributed by atoms with Gasteiger partial charge in [0.05, 0.1) is 5.56 Å². The topological polar surface area (TPSA) is 71.5 Å². The molecule has 1 aliphatic rings. The van der Waals surface area contributed by atoms with E-state index in [0.717, 1.165) is 23.8 Å². The molecule has 1 saturated heterocycles. The van der Waals surface area contributed by atoms with E-state index >= 15 is 0 Å². The van der Waals surface area contributed by atoms with Gasteiger partial charge in [-0.2, -0.15) is 0 Å². The molecule has 1 N–H and O–H groups in total. The molecule has 6 nitrogen and oxygen atoms in total. The number of hydrogen-bond acceptors (Lipinski definition) is 4. The lowest BCUT2D eigenvalue weighted by Gasteiger charge is -2.34. The molecule has 4 rings (SSSR count). The number of benzene rings is 1. The number of likely N-dealkylation sites (tertiary alicyclic amines) is 1. The van der Waals surface area contributed by atoms with Gasteiger partial charge in [-0.05, 0) is 31.7 Å². The lowest BCUT2D eigenvalue weighted by molar-refractivity contribution is 0.0420. The van der Waals surface area contributed by atoms with E-state index in [2.05, 4.69) is 4.98 Å². The highest BCUT2D eigenvalue weighted by Crippen LogP contribution is 2.32. The van der Waals surface area contributed by atoms with E-state index in [9.17, 15) is 9.90 Å². The van der Waals surface area contributed by atoms with Gasteiger partial charge in [0.15, 0.2) is 0 Å². The third-order valence-electron chi connectivity index (χ3n) is 5.38. The normalized spacial score (nSPS) is 17.0. The number of piperidine rings is 1. The zero-order valence-electron chi connectivity index (χ0n) is 15.1. The summed E-state index contributed by atoms with van der Waals surface area (Å²) in [5.74, 6) is 1.47. The Kier molecular flexibility index (Phi) is 4.28. The van der Waals surface area contributed by atoms with Gasteiger partial charge in [0.25, 0.3) is 5.91 Å². The van der Waals surface area contributed by atoms with Crippen molar-refractivity contribution in [3.63, 3.8) is 0 Å². The second kappa shape index (κ2) is 6.61. The van der Waals surface area contributed by atoms with E-state index in [1.807, 2.05) is 53.9 Å². The van der Waals surface area contributed by atoms with Crippen LogP contribution in [0, 0.1) is 12.8 Å². The molecular formula is C20H23N3O3. The Hall–Kier alpha value is -2.60. The molecule has 1 unspecified atom stereocenters. The van der Waals surface area contributed by atoms with Crippen LogP contribution in [0.4, 0.5) is 0 Å². The molecule has 3 aromatic rings.